The molecule has 0 saturated carbocycles. The third kappa shape index (κ3) is 5.11. The van der Waals surface area contributed by atoms with Gasteiger partial charge in [0, 0.05) is 38.5 Å². The van der Waals surface area contributed by atoms with Crippen LogP contribution in [0.3, 0.4) is 0 Å². The van der Waals surface area contributed by atoms with Crippen LogP contribution in [0.4, 0.5) is 11.4 Å². The summed E-state index contributed by atoms with van der Waals surface area (Å²) in [6, 6.07) is 11.9. The number of rotatable bonds is 2. The molecule has 0 atom stereocenters. The van der Waals surface area contributed by atoms with E-state index in [4.69, 9.17) is 4.74 Å². The largest absolute Gasteiger partial charge is 0.378 e. The Hall–Kier alpha value is -2.27. The molecule has 26 heavy (non-hydrogen) atoms. The Morgan fingerprint density at radius 3 is 2.46 bits per heavy atom. The molecule has 3 rings (SSSR count). The molecule has 1 saturated heterocycles. The van der Waals surface area contributed by atoms with Gasteiger partial charge in [0.15, 0.2) is 0 Å². The minimum Gasteiger partial charge on any atom is -0.378 e. The Balaban J connectivity index is 0.00000243. The van der Waals surface area contributed by atoms with Crippen molar-refractivity contribution >= 4 is 41.3 Å². The van der Waals surface area contributed by atoms with Gasteiger partial charge in [0.2, 0.25) is 5.96 Å². The van der Waals surface area contributed by atoms with Crippen molar-refractivity contribution in [1.29, 1.82) is 0 Å². The number of halogens is 1. The molecule has 9 heteroatoms. The van der Waals surface area contributed by atoms with Crippen LogP contribution in [-0.2, 0) is 11.8 Å². The number of aryl methyl sites for hydroxylation is 1. The van der Waals surface area contributed by atoms with Gasteiger partial charge in [-0.2, -0.15) is 4.99 Å². The van der Waals surface area contributed by atoms with E-state index >= 15 is 0 Å². The molecule has 0 radical (unpaired) electrons. The van der Waals surface area contributed by atoms with Crippen LogP contribution in [0.15, 0.2) is 58.6 Å². The minimum absolute atomic E-state index is 0. The van der Waals surface area contributed by atoms with Gasteiger partial charge in [0.05, 0.1) is 23.8 Å². The number of pyridine rings is 1. The monoisotopic (exact) mass is 469 g/mol. The lowest BCUT2D eigenvalue weighted by Gasteiger charge is -2.27. The van der Waals surface area contributed by atoms with E-state index in [1.807, 2.05) is 36.0 Å². The Labute approximate surface area is 168 Å². The summed E-state index contributed by atoms with van der Waals surface area (Å²) in [4.78, 5) is 21.7. The van der Waals surface area contributed by atoms with Crippen LogP contribution in [0.1, 0.15) is 0 Å². The van der Waals surface area contributed by atoms with Gasteiger partial charge < -0.3 is 14.2 Å². The molecule has 138 valence electrons. The van der Waals surface area contributed by atoms with Crippen molar-refractivity contribution in [2.75, 3.05) is 26.3 Å². The lowest BCUT2D eigenvalue weighted by atomic mass is 10.3. The highest BCUT2D eigenvalue weighted by Gasteiger charge is 2.15. The number of non-ortho nitro benzene ring substituents is 1. The van der Waals surface area contributed by atoms with Gasteiger partial charge in [-0.15, -0.1) is 24.0 Å². The van der Waals surface area contributed by atoms with Crippen molar-refractivity contribution in [3.05, 3.63) is 64.3 Å². The minimum atomic E-state index is -0.426. The molecule has 1 aromatic heterocycles. The zero-order valence-electron chi connectivity index (χ0n) is 14.3. The molecule has 2 aromatic rings. The number of aromatic nitrogens is 1. The fourth-order valence-corrected chi connectivity index (χ4v) is 2.43. The molecular weight excluding hydrogens is 449 g/mol. The number of benzene rings is 1. The van der Waals surface area contributed by atoms with Crippen molar-refractivity contribution < 1.29 is 9.66 Å². The molecule has 0 N–H and O–H groups in total. The Morgan fingerprint density at radius 1 is 1.15 bits per heavy atom. The number of hydrogen-bond donors (Lipinski definition) is 0. The summed E-state index contributed by atoms with van der Waals surface area (Å²) < 4.78 is 7.31. The average Bonchev–Trinajstić information content (AvgIpc) is 2.64. The molecule has 0 aliphatic carbocycles. The average molecular weight is 469 g/mol. The summed E-state index contributed by atoms with van der Waals surface area (Å²) in [5, 5.41) is 10.8. The molecule has 1 fully saturated rings. The predicted octanol–water partition coefficient (Wildman–Crippen LogP) is 2.47. The van der Waals surface area contributed by atoms with Crippen LogP contribution in [0.2, 0.25) is 0 Å². The van der Waals surface area contributed by atoms with Crippen molar-refractivity contribution in [3.8, 4) is 0 Å². The van der Waals surface area contributed by atoms with E-state index in [2.05, 4.69) is 14.9 Å². The van der Waals surface area contributed by atoms with Crippen LogP contribution in [0.5, 0.6) is 0 Å². The van der Waals surface area contributed by atoms with Crippen LogP contribution in [-0.4, -0.2) is 46.7 Å². The molecule has 0 bridgehead atoms. The van der Waals surface area contributed by atoms with Crippen molar-refractivity contribution in [1.82, 2.24) is 9.47 Å². The van der Waals surface area contributed by atoms with E-state index in [0.29, 0.717) is 38.0 Å². The standard InChI is InChI=1S/C17H19N5O3.HI/c1-20-9-3-2-4-16(20)19-17(21-10-12-25-13-11-21)18-14-5-7-15(8-6-14)22(23)24;/h2-9H,10-13H2,1H3;1H. The number of nitro benzene ring substituents is 1. The second kappa shape index (κ2) is 9.43. The quantitative estimate of drug-likeness (QED) is 0.223. The number of aliphatic imine (C=N–C) groups is 1. The van der Waals surface area contributed by atoms with E-state index in [1.165, 1.54) is 12.1 Å². The first kappa shape index (κ1) is 20.0. The molecule has 1 aliphatic rings. The molecule has 2 heterocycles. The van der Waals surface area contributed by atoms with E-state index < -0.39 is 4.92 Å². The van der Waals surface area contributed by atoms with Gasteiger partial charge in [-0.3, -0.25) is 10.1 Å². The molecule has 0 amide bonds. The molecule has 1 aliphatic heterocycles. The van der Waals surface area contributed by atoms with Gasteiger partial charge in [-0.05, 0) is 24.3 Å². The van der Waals surface area contributed by atoms with Crippen molar-refractivity contribution in [2.45, 2.75) is 0 Å². The predicted molar refractivity (Wildman–Crippen MR) is 109 cm³/mol. The fourth-order valence-electron chi connectivity index (χ4n) is 2.43. The van der Waals surface area contributed by atoms with Gasteiger partial charge in [0.1, 0.15) is 5.49 Å². The number of morpholine rings is 1. The summed E-state index contributed by atoms with van der Waals surface area (Å²) >= 11 is 0. The number of guanidine groups is 1. The van der Waals surface area contributed by atoms with Crippen LogP contribution < -0.4 is 5.49 Å². The topological polar surface area (TPSA) is 85.3 Å². The first-order valence-electron chi connectivity index (χ1n) is 7.96. The summed E-state index contributed by atoms with van der Waals surface area (Å²) in [6.07, 6.45) is 1.92. The molecule has 0 unspecified atom stereocenters. The summed E-state index contributed by atoms with van der Waals surface area (Å²) in [7, 11) is 1.92. The number of nitrogens with zero attached hydrogens (tertiary/aromatic N) is 5. The first-order valence-corrected chi connectivity index (χ1v) is 7.96. The Morgan fingerprint density at radius 2 is 1.85 bits per heavy atom. The zero-order chi connectivity index (χ0) is 17.6. The second-order valence-electron chi connectivity index (χ2n) is 5.57. The van der Waals surface area contributed by atoms with E-state index in [-0.39, 0.29) is 29.7 Å². The lowest BCUT2D eigenvalue weighted by molar-refractivity contribution is -0.384. The number of hydrogen-bond acceptors (Lipinski definition) is 4. The smallest absolute Gasteiger partial charge is 0.269 e. The van der Waals surface area contributed by atoms with Crippen LogP contribution in [0.25, 0.3) is 0 Å². The zero-order valence-corrected chi connectivity index (χ0v) is 16.6. The first-order chi connectivity index (χ1) is 12.1. The summed E-state index contributed by atoms with van der Waals surface area (Å²) in [5.41, 5.74) is 1.43. The van der Waals surface area contributed by atoms with E-state index in [9.17, 15) is 10.1 Å². The van der Waals surface area contributed by atoms with Gasteiger partial charge >= 0.3 is 0 Å². The van der Waals surface area contributed by atoms with Crippen molar-refractivity contribution in [3.63, 3.8) is 0 Å². The third-order valence-electron chi connectivity index (χ3n) is 3.83. The van der Waals surface area contributed by atoms with E-state index in [0.717, 1.165) is 5.49 Å². The Kier molecular flexibility index (Phi) is 7.27. The number of ether oxygens (including phenoxy) is 1. The van der Waals surface area contributed by atoms with E-state index in [1.54, 1.807) is 12.1 Å². The van der Waals surface area contributed by atoms with Crippen LogP contribution >= 0.6 is 24.0 Å². The fraction of sp³-hybridized carbons (Fsp3) is 0.294. The second-order valence-corrected chi connectivity index (χ2v) is 5.57. The summed E-state index contributed by atoms with van der Waals surface area (Å²) in [6.45, 7) is 2.64. The summed E-state index contributed by atoms with van der Waals surface area (Å²) in [5.74, 6) is 0.568. The molecule has 1 aromatic carbocycles. The lowest BCUT2D eigenvalue weighted by Crippen LogP contribution is -2.41. The number of nitro groups is 1. The molecule has 0 spiro atoms. The molecule has 8 nitrogen and oxygen atoms in total. The van der Waals surface area contributed by atoms with Crippen LogP contribution in [0, 0.1) is 10.1 Å². The highest BCUT2D eigenvalue weighted by atomic mass is 127. The van der Waals surface area contributed by atoms with Crippen molar-refractivity contribution in [2.24, 2.45) is 17.0 Å². The SMILES string of the molecule is Cn1ccccc1=NC(=Nc1ccc([N+](=O)[O-])cc1)N1CCOCC1.I. The Bertz CT molecular complexity index is 842. The highest BCUT2D eigenvalue weighted by molar-refractivity contribution is 14.0. The normalized spacial score (nSPS) is 15.5. The third-order valence-corrected chi connectivity index (χ3v) is 3.83. The maximum absolute atomic E-state index is 10.8. The van der Waals surface area contributed by atoms with Gasteiger partial charge in [-0.25, -0.2) is 4.99 Å². The van der Waals surface area contributed by atoms with Gasteiger partial charge in [-0.1, -0.05) is 6.07 Å². The maximum atomic E-state index is 10.8. The van der Waals surface area contributed by atoms with Gasteiger partial charge in [0.25, 0.3) is 5.69 Å². The molecular formula is C17H20IN5O3. The maximum Gasteiger partial charge on any atom is 0.269 e. The highest BCUT2D eigenvalue weighted by Crippen LogP contribution is 2.19.